The van der Waals surface area contributed by atoms with Gasteiger partial charge in [-0.1, -0.05) is 43.3 Å². The molecule has 2 aromatic rings. The Morgan fingerprint density at radius 2 is 1.71 bits per heavy atom. The highest BCUT2D eigenvalue weighted by molar-refractivity contribution is 5.86. The molecule has 31 heavy (non-hydrogen) atoms. The Labute approximate surface area is 184 Å². The summed E-state index contributed by atoms with van der Waals surface area (Å²) in [6, 6.07) is 16.4. The zero-order valence-corrected chi connectivity index (χ0v) is 18.7. The van der Waals surface area contributed by atoms with E-state index in [9.17, 15) is 9.59 Å². The fourth-order valence-corrected chi connectivity index (χ4v) is 4.88. The first-order valence-corrected chi connectivity index (χ1v) is 11.2. The summed E-state index contributed by atoms with van der Waals surface area (Å²) in [6.45, 7) is 3.40. The normalized spacial score (nSPS) is 25.1. The number of carbonyl (C=O) groups is 2. The largest absolute Gasteiger partial charge is 0.497 e. The van der Waals surface area contributed by atoms with Crippen LogP contribution >= 0.6 is 0 Å². The van der Waals surface area contributed by atoms with Crippen LogP contribution in [0.3, 0.4) is 0 Å². The third-order valence-electron chi connectivity index (χ3n) is 6.94. The van der Waals surface area contributed by atoms with Crippen LogP contribution in [-0.4, -0.2) is 44.0 Å². The third-order valence-corrected chi connectivity index (χ3v) is 6.94. The minimum absolute atomic E-state index is 0.0353. The Morgan fingerprint density at radius 3 is 2.26 bits per heavy atom. The Bertz CT molecular complexity index is 938. The summed E-state index contributed by atoms with van der Waals surface area (Å²) in [7, 11) is 3.36. The fourth-order valence-electron chi connectivity index (χ4n) is 4.88. The Morgan fingerprint density at radius 1 is 1.10 bits per heavy atom. The molecule has 2 fully saturated rings. The van der Waals surface area contributed by atoms with Crippen molar-refractivity contribution in [3.8, 4) is 16.9 Å². The van der Waals surface area contributed by atoms with Crippen molar-refractivity contribution in [2.24, 2.45) is 17.3 Å². The number of benzene rings is 2. The summed E-state index contributed by atoms with van der Waals surface area (Å²) in [4.78, 5) is 27.8. The van der Waals surface area contributed by atoms with Crippen LogP contribution in [0.1, 0.15) is 31.7 Å². The van der Waals surface area contributed by atoms with Crippen molar-refractivity contribution in [1.82, 2.24) is 10.2 Å². The van der Waals surface area contributed by atoms with Gasteiger partial charge in [-0.05, 0) is 60.4 Å². The van der Waals surface area contributed by atoms with Crippen molar-refractivity contribution in [2.45, 2.75) is 32.6 Å². The average molecular weight is 421 g/mol. The van der Waals surface area contributed by atoms with E-state index < -0.39 is 5.41 Å². The van der Waals surface area contributed by atoms with Crippen molar-refractivity contribution in [3.63, 3.8) is 0 Å². The molecule has 5 nitrogen and oxygen atoms in total. The van der Waals surface area contributed by atoms with E-state index >= 15 is 0 Å². The number of methoxy groups -OCH3 is 1. The van der Waals surface area contributed by atoms with Gasteiger partial charge in [-0.3, -0.25) is 9.59 Å². The molecular formula is C26H32N2O3. The second-order valence-electron chi connectivity index (χ2n) is 9.14. The minimum Gasteiger partial charge on any atom is -0.497 e. The van der Waals surface area contributed by atoms with Crippen LogP contribution in [0.5, 0.6) is 5.75 Å². The number of hydrogen-bond acceptors (Lipinski definition) is 3. The molecule has 1 aliphatic carbocycles. The van der Waals surface area contributed by atoms with Crippen LogP contribution < -0.4 is 10.1 Å². The summed E-state index contributed by atoms with van der Waals surface area (Å²) in [6.07, 6.45) is 3.29. The first kappa shape index (κ1) is 21.4. The molecule has 0 spiro atoms. The van der Waals surface area contributed by atoms with Gasteiger partial charge in [-0.2, -0.15) is 0 Å². The highest BCUT2D eigenvalue weighted by Crippen LogP contribution is 2.42. The van der Waals surface area contributed by atoms with Crippen LogP contribution in [0.2, 0.25) is 0 Å². The molecule has 0 bridgehead atoms. The number of amides is 2. The third kappa shape index (κ3) is 4.46. The van der Waals surface area contributed by atoms with Crippen molar-refractivity contribution in [1.29, 1.82) is 0 Å². The molecule has 0 unspecified atom stereocenters. The predicted molar refractivity (Wildman–Crippen MR) is 122 cm³/mol. The highest BCUT2D eigenvalue weighted by atomic mass is 16.5. The lowest BCUT2D eigenvalue weighted by Gasteiger charge is -2.42. The van der Waals surface area contributed by atoms with Gasteiger partial charge in [0.2, 0.25) is 11.8 Å². The van der Waals surface area contributed by atoms with Crippen LogP contribution in [0.25, 0.3) is 11.1 Å². The second kappa shape index (κ2) is 8.74. The topological polar surface area (TPSA) is 58.6 Å². The summed E-state index contributed by atoms with van der Waals surface area (Å²) < 4.78 is 5.24. The molecule has 2 amide bonds. The molecule has 1 heterocycles. The van der Waals surface area contributed by atoms with Crippen LogP contribution in [0, 0.1) is 17.3 Å². The van der Waals surface area contributed by atoms with Crippen LogP contribution in [0.4, 0.5) is 0 Å². The van der Waals surface area contributed by atoms with E-state index in [1.54, 1.807) is 14.2 Å². The van der Waals surface area contributed by atoms with Gasteiger partial charge in [-0.25, -0.2) is 0 Å². The average Bonchev–Trinajstić information content (AvgIpc) is 3.55. The van der Waals surface area contributed by atoms with Gasteiger partial charge in [-0.15, -0.1) is 0 Å². The number of rotatable bonds is 6. The van der Waals surface area contributed by atoms with Gasteiger partial charge in [0.25, 0.3) is 0 Å². The molecule has 4 rings (SSSR count). The quantitative estimate of drug-likeness (QED) is 0.771. The van der Waals surface area contributed by atoms with E-state index in [1.807, 2.05) is 29.2 Å². The lowest BCUT2D eigenvalue weighted by Crippen LogP contribution is -2.54. The molecule has 1 saturated carbocycles. The van der Waals surface area contributed by atoms with E-state index in [4.69, 9.17) is 4.74 Å². The predicted octanol–water partition coefficient (Wildman–Crippen LogP) is 3.92. The maximum Gasteiger partial charge on any atom is 0.228 e. The Hall–Kier alpha value is -2.82. The maximum absolute atomic E-state index is 13.0. The lowest BCUT2D eigenvalue weighted by atomic mass is 9.74. The standard InChI is InChI=1S/C26H32N2O3/c1-18-15-23(18)24(29)28-14-4-13-26(17-28,25(30)27-2)16-19-5-7-20(8-6-19)21-9-11-22(31-3)12-10-21/h5-12,18,23H,4,13-17H2,1-3H3,(H,27,30)/t18-,23+,26-/m0/s1. The second-order valence-corrected chi connectivity index (χ2v) is 9.14. The molecular weight excluding hydrogens is 388 g/mol. The van der Waals surface area contributed by atoms with Gasteiger partial charge in [0.05, 0.1) is 12.5 Å². The maximum atomic E-state index is 13.0. The van der Waals surface area contributed by atoms with Gasteiger partial charge >= 0.3 is 0 Å². The minimum atomic E-state index is -0.567. The monoisotopic (exact) mass is 420 g/mol. The molecule has 0 radical (unpaired) electrons. The van der Waals surface area contributed by atoms with Crippen molar-refractivity contribution in [2.75, 3.05) is 27.2 Å². The number of hydrogen-bond donors (Lipinski definition) is 1. The molecule has 0 aromatic heterocycles. The van der Waals surface area contributed by atoms with E-state index in [2.05, 4.69) is 36.5 Å². The SMILES string of the molecule is CNC(=O)[C@]1(Cc2ccc(-c3ccc(OC)cc3)cc2)CCCN(C(=O)[C@@H]2C[C@@H]2C)C1. The lowest BCUT2D eigenvalue weighted by molar-refractivity contribution is -0.142. The van der Waals surface area contributed by atoms with E-state index in [0.29, 0.717) is 18.9 Å². The number of nitrogens with one attached hydrogen (secondary N) is 1. The zero-order chi connectivity index (χ0) is 22.0. The number of carbonyl (C=O) groups excluding carboxylic acids is 2. The molecule has 5 heteroatoms. The Balaban J connectivity index is 1.52. The molecule has 164 valence electrons. The van der Waals surface area contributed by atoms with Gasteiger partial charge in [0.15, 0.2) is 0 Å². The summed E-state index contributed by atoms with van der Waals surface area (Å²) in [5, 5.41) is 2.87. The van der Waals surface area contributed by atoms with Crippen LogP contribution in [0.15, 0.2) is 48.5 Å². The van der Waals surface area contributed by atoms with E-state index in [0.717, 1.165) is 48.2 Å². The van der Waals surface area contributed by atoms with Gasteiger partial charge in [0.1, 0.15) is 5.75 Å². The van der Waals surface area contributed by atoms with Crippen molar-refractivity contribution < 1.29 is 14.3 Å². The molecule has 3 atom stereocenters. The molecule has 1 saturated heterocycles. The highest BCUT2D eigenvalue weighted by Gasteiger charge is 2.47. The summed E-state index contributed by atoms with van der Waals surface area (Å²) in [5.74, 6) is 1.74. The number of likely N-dealkylation sites (tertiary alicyclic amines) is 1. The van der Waals surface area contributed by atoms with Crippen LogP contribution in [-0.2, 0) is 16.0 Å². The van der Waals surface area contributed by atoms with E-state index in [-0.39, 0.29) is 17.7 Å². The number of piperidine rings is 1. The Kier molecular flexibility index (Phi) is 6.03. The van der Waals surface area contributed by atoms with Gasteiger partial charge in [0, 0.05) is 26.1 Å². The molecule has 1 N–H and O–H groups in total. The smallest absolute Gasteiger partial charge is 0.228 e. The number of ether oxygens (including phenoxy) is 1. The molecule has 2 aliphatic rings. The van der Waals surface area contributed by atoms with Crippen molar-refractivity contribution in [3.05, 3.63) is 54.1 Å². The van der Waals surface area contributed by atoms with E-state index in [1.165, 1.54) is 0 Å². The number of nitrogens with zero attached hydrogens (tertiary/aromatic N) is 1. The summed E-state index contributed by atoms with van der Waals surface area (Å²) in [5.41, 5.74) is 2.81. The van der Waals surface area contributed by atoms with Gasteiger partial charge < -0.3 is 15.0 Å². The van der Waals surface area contributed by atoms with Crippen molar-refractivity contribution >= 4 is 11.8 Å². The zero-order valence-electron chi connectivity index (χ0n) is 18.7. The fraction of sp³-hybridized carbons (Fsp3) is 0.462. The first-order valence-electron chi connectivity index (χ1n) is 11.2. The molecule has 1 aliphatic heterocycles. The first-order chi connectivity index (χ1) is 15.0. The summed E-state index contributed by atoms with van der Waals surface area (Å²) >= 11 is 0. The molecule has 2 aromatic carbocycles.